The van der Waals surface area contributed by atoms with E-state index >= 15 is 0 Å². The number of para-hydroxylation sites is 1. The van der Waals surface area contributed by atoms with Crippen LogP contribution in [0.2, 0.25) is 0 Å². The van der Waals surface area contributed by atoms with E-state index in [4.69, 9.17) is 29.1 Å². The normalized spacial score (nSPS) is 11.2. The highest BCUT2D eigenvalue weighted by molar-refractivity contribution is 6.07. The molecular weight excluding hydrogens is 619 g/mol. The average molecular weight is 646 g/mol. The molecule has 0 amide bonds. The molecule has 0 aliphatic carbocycles. The van der Waals surface area contributed by atoms with Crippen LogP contribution in [0.5, 0.6) is 11.5 Å². The first-order valence-corrected chi connectivity index (χ1v) is 16.2. The summed E-state index contributed by atoms with van der Waals surface area (Å²) in [6.45, 7) is 0. The molecule has 0 spiro atoms. The van der Waals surface area contributed by atoms with E-state index in [1.165, 1.54) is 0 Å². The summed E-state index contributed by atoms with van der Waals surface area (Å²) in [5.41, 5.74) is 6.64. The Morgan fingerprint density at radius 2 is 0.940 bits per heavy atom. The van der Waals surface area contributed by atoms with Gasteiger partial charge in [-0.15, -0.1) is 0 Å². The predicted octanol–water partition coefficient (Wildman–Crippen LogP) is 10.7. The van der Waals surface area contributed by atoms with E-state index in [-0.39, 0.29) is 0 Å². The summed E-state index contributed by atoms with van der Waals surface area (Å²) in [5.74, 6) is 3.66. The van der Waals surface area contributed by atoms with Crippen molar-refractivity contribution < 1.29 is 9.15 Å². The maximum absolute atomic E-state index is 6.42. The molecule has 9 aromatic rings. The van der Waals surface area contributed by atoms with Gasteiger partial charge in [-0.2, -0.15) is 0 Å². The molecule has 50 heavy (non-hydrogen) atoms. The lowest BCUT2D eigenvalue weighted by Crippen LogP contribution is -2.00. The Kier molecular flexibility index (Phi) is 7.33. The smallest absolute Gasteiger partial charge is 0.172 e. The van der Waals surface area contributed by atoms with Crippen LogP contribution in [0.4, 0.5) is 0 Å². The molecule has 7 heteroatoms. The fourth-order valence-electron chi connectivity index (χ4n) is 6.00. The van der Waals surface area contributed by atoms with Crippen molar-refractivity contribution in [2.24, 2.45) is 0 Å². The van der Waals surface area contributed by atoms with Crippen LogP contribution in [0.25, 0.3) is 78.7 Å². The van der Waals surface area contributed by atoms with Crippen molar-refractivity contribution in [3.8, 4) is 68.3 Å². The van der Waals surface area contributed by atoms with Gasteiger partial charge in [0.25, 0.3) is 0 Å². The second-order valence-electron chi connectivity index (χ2n) is 11.7. The molecule has 3 aromatic heterocycles. The summed E-state index contributed by atoms with van der Waals surface area (Å²) in [6, 6.07) is 51.7. The first-order valence-electron chi connectivity index (χ1n) is 16.2. The summed E-state index contributed by atoms with van der Waals surface area (Å²) in [5, 5.41) is 1.93. The van der Waals surface area contributed by atoms with Crippen LogP contribution < -0.4 is 4.74 Å². The van der Waals surface area contributed by atoms with Crippen molar-refractivity contribution in [1.82, 2.24) is 24.9 Å². The number of fused-ring (bicyclic) bond motifs is 3. The molecule has 7 nitrogen and oxygen atoms in total. The van der Waals surface area contributed by atoms with E-state index in [0.717, 1.165) is 49.8 Å². The third kappa shape index (κ3) is 5.63. The maximum Gasteiger partial charge on any atom is 0.172 e. The van der Waals surface area contributed by atoms with Crippen molar-refractivity contribution in [2.75, 3.05) is 0 Å². The van der Waals surface area contributed by atoms with Gasteiger partial charge in [-0.3, -0.25) is 0 Å². The standard InChI is InChI=1S/C43H27N5O2/c1-5-13-28(14-6-1)40-44-27-38(49-33-19-11-4-12-20-33)39(45-40)31-22-24-36-35(25-31)34-23-21-32(26-37(34)50-36)43-47-41(29-15-7-2-8-16-29)46-42(48-43)30-17-9-3-10-18-30/h1-27H. The zero-order chi connectivity index (χ0) is 33.3. The molecule has 236 valence electrons. The minimum atomic E-state index is 0.559. The third-order valence-electron chi connectivity index (χ3n) is 8.46. The quantitative estimate of drug-likeness (QED) is 0.170. The second-order valence-corrected chi connectivity index (χ2v) is 11.7. The zero-order valence-electron chi connectivity index (χ0n) is 26.6. The molecular formula is C43H27N5O2. The molecule has 0 saturated carbocycles. The van der Waals surface area contributed by atoms with E-state index in [9.17, 15) is 0 Å². The number of benzene rings is 6. The van der Waals surface area contributed by atoms with Crippen LogP contribution in [0.3, 0.4) is 0 Å². The lowest BCUT2D eigenvalue weighted by molar-refractivity contribution is 0.480. The summed E-state index contributed by atoms with van der Waals surface area (Å²) in [6.07, 6.45) is 1.74. The number of hydrogen-bond acceptors (Lipinski definition) is 7. The fourth-order valence-corrected chi connectivity index (χ4v) is 6.00. The maximum atomic E-state index is 6.42. The van der Waals surface area contributed by atoms with Gasteiger partial charge in [0.15, 0.2) is 29.0 Å². The van der Waals surface area contributed by atoms with E-state index in [1.807, 2.05) is 146 Å². The number of aromatic nitrogens is 5. The molecule has 6 aromatic carbocycles. The molecule has 0 saturated heterocycles. The van der Waals surface area contributed by atoms with Crippen molar-refractivity contribution in [3.05, 3.63) is 164 Å². The number of furan rings is 1. The van der Waals surface area contributed by atoms with E-state index in [1.54, 1.807) is 6.20 Å². The predicted molar refractivity (Wildman–Crippen MR) is 196 cm³/mol. The Labute approximate surface area is 287 Å². The van der Waals surface area contributed by atoms with Crippen LogP contribution in [-0.2, 0) is 0 Å². The average Bonchev–Trinajstić information content (AvgIpc) is 3.56. The number of hydrogen-bond donors (Lipinski definition) is 0. The molecule has 0 atom stereocenters. The SMILES string of the molecule is c1ccc(Oc2cnc(-c3ccccc3)nc2-c2ccc3oc4cc(-c5nc(-c6ccccc6)nc(-c6ccccc6)n5)ccc4c3c2)cc1. The highest BCUT2D eigenvalue weighted by Gasteiger charge is 2.18. The van der Waals surface area contributed by atoms with E-state index in [0.29, 0.717) is 40.5 Å². The highest BCUT2D eigenvalue weighted by atomic mass is 16.5. The van der Waals surface area contributed by atoms with Gasteiger partial charge in [0.1, 0.15) is 22.6 Å². The van der Waals surface area contributed by atoms with Gasteiger partial charge >= 0.3 is 0 Å². The van der Waals surface area contributed by atoms with Crippen LogP contribution in [0.15, 0.2) is 168 Å². The van der Waals surface area contributed by atoms with Crippen LogP contribution >= 0.6 is 0 Å². The van der Waals surface area contributed by atoms with Gasteiger partial charge in [0.2, 0.25) is 0 Å². The first-order chi connectivity index (χ1) is 24.7. The molecule has 0 aliphatic rings. The molecule has 0 aliphatic heterocycles. The fraction of sp³-hybridized carbons (Fsp3) is 0. The third-order valence-corrected chi connectivity index (χ3v) is 8.46. The second kappa shape index (κ2) is 12.6. The minimum absolute atomic E-state index is 0.559. The lowest BCUT2D eigenvalue weighted by Gasteiger charge is -2.12. The summed E-state index contributed by atoms with van der Waals surface area (Å²) in [4.78, 5) is 24.3. The van der Waals surface area contributed by atoms with E-state index < -0.39 is 0 Å². The van der Waals surface area contributed by atoms with Crippen LogP contribution in [-0.4, -0.2) is 24.9 Å². The Morgan fingerprint density at radius 3 is 1.56 bits per heavy atom. The largest absolute Gasteiger partial charge is 0.456 e. The molecule has 0 N–H and O–H groups in total. The highest BCUT2D eigenvalue weighted by Crippen LogP contribution is 2.38. The van der Waals surface area contributed by atoms with Gasteiger partial charge in [-0.05, 0) is 42.5 Å². The van der Waals surface area contributed by atoms with Crippen molar-refractivity contribution in [1.29, 1.82) is 0 Å². The van der Waals surface area contributed by atoms with Crippen molar-refractivity contribution >= 4 is 21.9 Å². The van der Waals surface area contributed by atoms with Crippen LogP contribution in [0.1, 0.15) is 0 Å². The summed E-state index contributed by atoms with van der Waals surface area (Å²) < 4.78 is 12.7. The Balaban J connectivity index is 1.15. The topological polar surface area (TPSA) is 86.8 Å². The Hall–Kier alpha value is -6.99. The van der Waals surface area contributed by atoms with Crippen molar-refractivity contribution in [3.63, 3.8) is 0 Å². The van der Waals surface area contributed by atoms with Gasteiger partial charge in [0.05, 0.1) is 6.20 Å². The zero-order valence-corrected chi connectivity index (χ0v) is 26.6. The van der Waals surface area contributed by atoms with Gasteiger partial charge in [0, 0.05) is 38.6 Å². The molecule has 0 bridgehead atoms. The summed E-state index contributed by atoms with van der Waals surface area (Å²) >= 11 is 0. The molecule has 9 rings (SSSR count). The summed E-state index contributed by atoms with van der Waals surface area (Å²) in [7, 11) is 0. The molecule has 3 heterocycles. The van der Waals surface area contributed by atoms with Crippen LogP contribution in [0, 0.1) is 0 Å². The molecule has 0 fully saturated rings. The molecule has 0 unspecified atom stereocenters. The number of rotatable bonds is 7. The first kappa shape index (κ1) is 29.2. The number of nitrogens with zero attached hydrogens (tertiary/aromatic N) is 5. The Bertz CT molecular complexity index is 2550. The monoisotopic (exact) mass is 645 g/mol. The lowest BCUT2D eigenvalue weighted by atomic mass is 10.0. The minimum Gasteiger partial charge on any atom is -0.456 e. The van der Waals surface area contributed by atoms with Gasteiger partial charge < -0.3 is 9.15 Å². The van der Waals surface area contributed by atoms with Crippen molar-refractivity contribution in [2.45, 2.75) is 0 Å². The van der Waals surface area contributed by atoms with Gasteiger partial charge in [-0.1, -0.05) is 115 Å². The van der Waals surface area contributed by atoms with Gasteiger partial charge in [-0.25, -0.2) is 24.9 Å². The Morgan fingerprint density at radius 1 is 0.400 bits per heavy atom. The van der Waals surface area contributed by atoms with E-state index in [2.05, 4.69) is 17.1 Å². The number of ether oxygens (including phenoxy) is 1. The molecule has 0 radical (unpaired) electrons.